The van der Waals surface area contributed by atoms with E-state index >= 15 is 0 Å². The zero-order valence-corrected chi connectivity index (χ0v) is 15.5. The predicted octanol–water partition coefficient (Wildman–Crippen LogP) is 3.33. The van der Waals surface area contributed by atoms with E-state index in [-0.39, 0.29) is 11.6 Å². The van der Waals surface area contributed by atoms with E-state index in [1.54, 1.807) is 0 Å². The topological polar surface area (TPSA) is 59.6 Å². The summed E-state index contributed by atoms with van der Waals surface area (Å²) in [4.78, 5) is 11.7. The van der Waals surface area contributed by atoms with Crippen LogP contribution in [-0.4, -0.2) is 43.5 Å². The Bertz CT molecular complexity index is 308. The molecule has 0 unspecified atom stereocenters. The summed E-state index contributed by atoms with van der Waals surface area (Å²) >= 11 is 0. The number of ether oxygens (including phenoxy) is 2. The lowest BCUT2D eigenvalue weighted by molar-refractivity contribution is 0.0423. The molecule has 1 amide bonds. The third kappa shape index (κ3) is 10.9. The lowest BCUT2D eigenvalue weighted by Crippen LogP contribution is -2.43. The zero-order valence-electron chi connectivity index (χ0n) is 15.5. The van der Waals surface area contributed by atoms with Gasteiger partial charge in [0.25, 0.3) is 0 Å². The molecular weight excluding hydrogens is 280 g/mol. The first kappa shape index (κ1) is 21.2. The van der Waals surface area contributed by atoms with Gasteiger partial charge in [-0.2, -0.15) is 0 Å². The van der Waals surface area contributed by atoms with Crippen molar-refractivity contribution in [3.63, 3.8) is 0 Å². The number of carbonyl (C=O) groups excluding carboxylic acids is 1. The fourth-order valence-corrected chi connectivity index (χ4v) is 1.78. The Morgan fingerprint density at radius 1 is 1.23 bits per heavy atom. The lowest BCUT2D eigenvalue weighted by atomic mass is 10.2. The molecule has 1 aliphatic rings. The van der Waals surface area contributed by atoms with Gasteiger partial charge in [0.2, 0.25) is 0 Å². The molecule has 0 aromatic rings. The van der Waals surface area contributed by atoms with E-state index in [9.17, 15) is 4.79 Å². The second-order valence-electron chi connectivity index (χ2n) is 7.06. The van der Waals surface area contributed by atoms with Gasteiger partial charge in [-0.1, -0.05) is 27.7 Å². The molecule has 0 aliphatic heterocycles. The molecule has 0 atom stereocenters. The Hall–Kier alpha value is -0.810. The van der Waals surface area contributed by atoms with Crippen LogP contribution in [0.25, 0.3) is 0 Å². The summed E-state index contributed by atoms with van der Waals surface area (Å²) in [5.41, 5.74) is -0.651. The van der Waals surface area contributed by atoms with E-state index in [0.717, 1.165) is 25.9 Å². The van der Waals surface area contributed by atoms with E-state index in [2.05, 4.69) is 24.5 Å². The Morgan fingerprint density at radius 3 is 2.27 bits per heavy atom. The molecule has 0 bridgehead atoms. The van der Waals surface area contributed by atoms with E-state index in [4.69, 9.17) is 9.47 Å². The van der Waals surface area contributed by atoms with Crippen LogP contribution >= 0.6 is 0 Å². The quantitative estimate of drug-likeness (QED) is 0.674. The highest BCUT2D eigenvalue weighted by Gasteiger charge is 2.45. The van der Waals surface area contributed by atoms with Crippen molar-refractivity contribution in [1.29, 1.82) is 0 Å². The molecule has 5 nitrogen and oxygen atoms in total. The average Bonchev–Trinajstić information content (AvgIpc) is 3.13. The third-order valence-electron chi connectivity index (χ3n) is 2.97. The van der Waals surface area contributed by atoms with Crippen LogP contribution in [0.5, 0.6) is 0 Å². The van der Waals surface area contributed by atoms with Crippen molar-refractivity contribution in [2.45, 2.75) is 72.4 Å². The fourth-order valence-electron chi connectivity index (χ4n) is 1.78. The van der Waals surface area contributed by atoms with Gasteiger partial charge < -0.3 is 20.1 Å². The van der Waals surface area contributed by atoms with Crippen molar-refractivity contribution in [2.75, 3.05) is 26.3 Å². The number of carbonyl (C=O) groups is 1. The second-order valence-corrected chi connectivity index (χ2v) is 7.06. The predicted molar refractivity (Wildman–Crippen MR) is 91.2 cm³/mol. The summed E-state index contributed by atoms with van der Waals surface area (Å²) < 4.78 is 10.9. The minimum atomic E-state index is -0.457. The van der Waals surface area contributed by atoms with Crippen molar-refractivity contribution in [1.82, 2.24) is 10.6 Å². The van der Waals surface area contributed by atoms with Crippen molar-refractivity contribution >= 4 is 6.09 Å². The molecule has 0 radical (unpaired) electrons. The summed E-state index contributed by atoms with van der Waals surface area (Å²) in [6.07, 6.45) is 1.58. The highest BCUT2D eigenvalue weighted by Crippen LogP contribution is 2.35. The first-order chi connectivity index (χ1) is 10.2. The van der Waals surface area contributed by atoms with E-state index in [0.29, 0.717) is 19.1 Å². The zero-order chi connectivity index (χ0) is 17.2. The average molecular weight is 316 g/mol. The minimum Gasteiger partial charge on any atom is -0.444 e. The molecule has 132 valence electrons. The lowest BCUT2D eigenvalue weighted by Gasteiger charge is -2.23. The largest absolute Gasteiger partial charge is 0.444 e. The molecule has 0 aromatic carbocycles. The second kappa shape index (κ2) is 10.1. The Kier molecular flexibility index (Phi) is 9.69. The van der Waals surface area contributed by atoms with E-state index < -0.39 is 5.60 Å². The molecule has 1 fully saturated rings. The molecule has 1 rings (SSSR count). The van der Waals surface area contributed by atoms with Crippen molar-refractivity contribution in [2.24, 2.45) is 5.92 Å². The maximum atomic E-state index is 11.7. The van der Waals surface area contributed by atoms with Gasteiger partial charge in [-0.15, -0.1) is 0 Å². The number of rotatable bonds is 8. The summed E-state index contributed by atoms with van der Waals surface area (Å²) in [6, 6.07) is 0. The molecular formula is C17H36N2O3. The van der Waals surface area contributed by atoms with Crippen LogP contribution in [0.4, 0.5) is 4.79 Å². The van der Waals surface area contributed by atoms with Crippen LogP contribution in [0, 0.1) is 5.92 Å². The van der Waals surface area contributed by atoms with Crippen LogP contribution < -0.4 is 10.6 Å². The van der Waals surface area contributed by atoms with Gasteiger partial charge in [0, 0.05) is 6.54 Å². The number of amides is 1. The van der Waals surface area contributed by atoms with Gasteiger partial charge in [-0.3, -0.25) is 0 Å². The van der Waals surface area contributed by atoms with Gasteiger partial charge >= 0.3 is 6.09 Å². The highest BCUT2D eigenvalue weighted by atomic mass is 16.6. The van der Waals surface area contributed by atoms with Crippen molar-refractivity contribution in [3.05, 3.63) is 0 Å². The third-order valence-corrected chi connectivity index (χ3v) is 2.97. The number of nitrogens with one attached hydrogen (secondary N) is 2. The molecule has 0 saturated heterocycles. The normalized spacial score (nSPS) is 15.8. The summed E-state index contributed by atoms with van der Waals surface area (Å²) in [6.45, 7) is 17.0. The Morgan fingerprint density at radius 2 is 1.82 bits per heavy atom. The van der Waals surface area contributed by atoms with Crippen LogP contribution in [0.2, 0.25) is 0 Å². The van der Waals surface area contributed by atoms with E-state index in [1.807, 2.05) is 34.6 Å². The highest BCUT2D eigenvalue weighted by molar-refractivity contribution is 5.69. The maximum absolute atomic E-state index is 11.7. The summed E-state index contributed by atoms with van der Waals surface area (Å²) in [5.74, 6) is 0.651. The number of alkyl carbamates (subject to hydrolysis) is 1. The van der Waals surface area contributed by atoms with Gasteiger partial charge in [-0.25, -0.2) is 4.79 Å². The number of hydrogen-bond donors (Lipinski definition) is 2. The fraction of sp³-hybridized carbons (Fsp3) is 0.941. The SMILES string of the molecule is CC.CC(C)CNCCOCC1(NC(=O)OC(C)(C)C)CC1. The monoisotopic (exact) mass is 316 g/mol. The standard InChI is InChI=1S/C15H30N2O3.C2H6/c1-12(2)10-16-8-9-19-11-15(6-7-15)17-13(18)20-14(3,4)5;1-2/h12,16H,6-11H2,1-5H3,(H,17,18);1-2H3. The van der Waals surface area contributed by atoms with Gasteiger partial charge in [-0.05, 0) is 46.1 Å². The molecule has 2 N–H and O–H groups in total. The van der Waals surface area contributed by atoms with Crippen LogP contribution in [0.1, 0.15) is 61.3 Å². The first-order valence-electron chi connectivity index (χ1n) is 8.52. The minimum absolute atomic E-state index is 0.194. The Labute approximate surface area is 136 Å². The van der Waals surface area contributed by atoms with E-state index in [1.165, 1.54) is 0 Å². The van der Waals surface area contributed by atoms with Gasteiger partial charge in [0.1, 0.15) is 5.60 Å². The maximum Gasteiger partial charge on any atom is 0.408 e. The molecule has 0 spiro atoms. The smallest absolute Gasteiger partial charge is 0.408 e. The molecule has 0 aromatic heterocycles. The molecule has 22 heavy (non-hydrogen) atoms. The van der Waals surface area contributed by atoms with Crippen molar-refractivity contribution < 1.29 is 14.3 Å². The summed E-state index contributed by atoms with van der Waals surface area (Å²) in [5, 5.41) is 6.25. The Balaban J connectivity index is 0.00000211. The van der Waals surface area contributed by atoms with Gasteiger partial charge in [0.05, 0.1) is 18.8 Å². The molecule has 1 saturated carbocycles. The van der Waals surface area contributed by atoms with Crippen LogP contribution in [0.3, 0.4) is 0 Å². The van der Waals surface area contributed by atoms with Crippen molar-refractivity contribution in [3.8, 4) is 0 Å². The van der Waals surface area contributed by atoms with Gasteiger partial charge in [0.15, 0.2) is 0 Å². The van der Waals surface area contributed by atoms with Crippen LogP contribution in [0.15, 0.2) is 0 Å². The molecule has 0 heterocycles. The van der Waals surface area contributed by atoms with Crippen LogP contribution in [-0.2, 0) is 9.47 Å². The molecule has 5 heteroatoms. The summed E-state index contributed by atoms with van der Waals surface area (Å²) in [7, 11) is 0. The first-order valence-corrected chi connectivity index (χ1v) is 8.52. The number of hydrogen-bond acceptors (Lipinski definition) is 4. The molecule has 1 aliphatic carbocycles.